The lowest BCUT2D eigenvalue weighted by Crippen LogP contribution is -1.99. The Morgan fingerprint density at radius 3 is 2.65 bits per heavy atom. The van der Waals surface area contributed by atoms with Crippen LogP contribution in [0, 0.1) is 0 Å². The average molecular weight is 299 g/mol. The third kappa shape index (κ3) is 2.80. The highest BCUT2D eigenvalue weighted by Gasteiger charge is 2.16. The molecule has 17 heavy (non-hydrogen) atoms. The largest absolute Gasteiger partial charge is 0.490 e. The van der Waals surface area contributed by atoms with Crippen molar-refractivity contribution in [2.45, 2.75) is 25.7 Å². The first-order chi connectivity index (χ1) is 8.22. The molecular weight excluding hydrogens is 284 g/mol. The lowest BCUT2D eigenvalue weighted by molar-refractivity contribution is -0.108. The van der Waals surface area contributed by atoms with Crippen LogP contribution in [-0.2, 0) is 4.79 Å². The smallest absolute Gasteiger partial charge is 0.162 e. The van der Waals surface area contributed by atoms with Gasteiger partial charge in [-0.05, 0) is 23.6 Å². The molecule has 0 bridgehead atoms. The van der Waals surface area contributed by atoms with E-state index >= 15 is 0 Å². The standard InChI is InChI=1S/C13H15BrO3/c1-9(3-4-15)10-7-12-13(8-11(10)14)17-6-2-5-16-12/h4,7-9H,2-3,5-6H2,1H3. The number of hydrogen-bond donors (Lipinski definition) is 0. The predicted molar refractivity (Wildman–Crippen MR) is 68.8 cm³/mol. The summed E-state index contributed by atoms with van der Waals surface area (Å²) in [7, 11) is 0. The second kappa shape index (κ2) is 5.54. The van der Waals surface area contributed by atoms with E-state index in [0.29, 0.717) is 19.6 Å². The molecule has 0 saturated heterocycles. The first kappa shape index (κ1) is 12.4. The number of carbonyl (C=O) groups excluding carboxylic acids is 1. The van der Waals surface area contributed by atoms with Gasteiger partial charge in [0.2, 0.25) is 0 Å². The van der Waals surface area contributed by atoms with Crippen molar-refractivity contribution in [2.24, 2.45) is 0 Å². The summed E-state index contributed by atoms with van der Waals surface area (Å²) in [5.41, 5.74) is 1.08. The van der Waals surface area contributed by atoms with Crippen LogP contribution in [0.25, 0.3) is 0 Å². The number of halogens is 1. The first-order valence-corrected chi connectivity index (χ1v) is 6.54. The molecule has 3 nitrogen and oxygen atoms in total. The molecule has 1 aliphatic rings. The van der Waals surface area contributed by atoms with Gasteiger partial charge in [0.05, 0.1) is 13.2 Å². The maximum atomic E-state index is 10.6. The number of fused-ring (bicyclic) bond motifs is 1. The van der Waals surface area contributed by atoms with Crippen LogP contribution < -0.4 is 9.47 Å². The number of carbonyl (C=O) groups is 1. The molecule has 4 heteroatoms. The predicted octanol–water partition coefficient (Wildman–Crippen LogP) is 3.30. The summed E-state index contributed by atoms with van der Waals surface area (Å²) in [6, 6.07) is 3.90. The summed E-state index contributed by atoms with van der Waals surface area (Å²) < 4.78 is 12.2. The molecule has 0 fully saturated rings. The average Bonchev–Trinajstić information content (AvgIpc) is 2.52. The van der Waals surface area contributed by atoms with E-state index in [0.717, 1.165) is 34.2 Å². The lowest BCUT2D eigenvalue weighted by atomic mass is 9.98. The van der Waals surface area contributed by atoms with E-state index in [1.165, 1.54) is 0 Å². The van der Waals surface area contributed by atoms with E-state index in [4.69, 9.17) is 9.47 Å². The van der Waals surface area contributed by atoms with Gasteiger partial charge in [0.25, 0.3) is 0 Å². The van der Waals surface area contributed by atoms with Crippen molar-refractivity contribution < 1.29 is 14.3 Å². The molecule has 1 heterocycles. The third-order valence-corrected chi connectivity index (χ3v) is 3.53. The molecule has 0 N–H and O–H groups in total. The van der Waals surface area contributed by atoms with Crippen molar-refractivity contribution in [3.63, 3.8) is 0 Å². The first-order valence-electron chi connectivity index (χ1n) is 5.75. The minimum atomic E-state index is 0.180. The van der Waals surface area contributed by atoms with E-state index in [1.807, 2.05) is 19.1 Å². The number of rotatable bonds is 3. The van der Waals surface area contributed by atoms with E-state index in [2.05, 4.69) is 15.9 Å². The molecule has 2 rings (SSSR count). The van der Waals surface area contributed by atoms with Crippen LogP contribution in [0.3, 0.4) is 0 Å². The van der Waals surface area contributed by atoms with Gasteiger partial charge in [-0.15, -0.1) is 0 Å². The maximum absolute atomic E-state index is 10.6. The van der Waals surface area contributed by atoms with E-state index in [-0.39, 0.29) is 5.92 Å². The Morgan fingerprint density at radius 2 is 2.00 bits per heavy atom. The van der Waals surface area contributed by atoms with Crippen molar-refractivity contribution in [3.8, 4) is 11.5 Å². The summed E-state index contributed by atoms with van der Waals surface area (Å²) in [4.78, 5) is 10.6. The van der Waals surface area contributed by atoms with Gasteiger partial charge in [0, 0.05) is 17.3 Å². The Labute approximate surface area is 109 Å². The van der Waals surface area contributed by atoms with Gasteiger partial charge < -0.3 is 14.3 Å². The van der Waals surface area contributed by atoms with Crippen LogP contribution in [-0.4, -0.2) is 19.5 Å². The number of aldehydes is 1. The summed E-state index contributed by atoms with van der Waals surface area (Å²) in [5, 5.41) is 0. The zero-order valence-corrected chi connectivity index (χ0v) is 11.3. The molecule has 1 unspecified atom stereocenters. The van der Waals surface area contributed by atoms with E-state index in [9.17, 15) is 4.79 Å². The van der Waals surface area contributed by atoms with Crippen molar-refractivity contribution in [3.05, 3.63) is 22.2 Å². The Morgan fingerprint density at radius 1 is 1.35 bits per heavy atom. The zero-order chi connectivity index (χ0) is 12.3. The molecule has 1 aliphatic heterocycles. The second-order valence-electron chi connectivity index (χ2n) is 4.17. The minimum absolute atomic E-state index is 0.180. The van der Waals surface area contributed by atoms with Crippen LogP contribution in [0.4, 0.5) is 0 Å². The van der Waals surface area contributed by atoms with Gasteiger partial charge in [-0.1, -0.05) is 22.9 Å². The number of benzene rings is 1. The Balaban J connectivity index is 2.34. The van der Waals surface area contributed by atoms with Gasteiger partial charge in [0.15, 0.2) is 11.5 Å². The van der Waals surface area contributed by atoms with Gasteiger partial charge >= 0.3 is 0 Å². The fraction of sp³-hybridized carbons (Fsp3) is 0.462. The van der Waals surface area contributed by atoms with Crippen molar-refractivity contribution >= 4 is 22.2 Å². The normalized spacial score (nSPS) is 16.1. The molecule has 0 aliphatic carbocycles. The van der Waals surface area contributed by atoms with Gasteiger partial charge in [-0.3, -0.25) is 0 Å². The van der Waals surface area contributed by atoms with Gasteiger partial charge in [0.1, 0.15) is 6.29 Å². The number of ether oxygens (including phenoxy) is 2. The molecule has 0 radical (unpaired) electrons. The fourth-order valence-electron chi connectivity index (χ4n) is 1.85. The second-order valence-corrected chi connectivity index (χ2v) is 5.03. The molecule has 0 amide bonds. The zero-order valence-electron chi connectivity index (χ0n) is 9.74. The molecule has 1 aromatic carbocycles. The monoisotopic (exact) mass is 298 g/mol. The highest BCUT2D eigenvalue weighted by Crippen LogP contribution is 2.38. The number of hydrogen-bond acceptors (Lipinski definition) is 3. The molecule has 0 aromatic heterocycles. The van der Waals surface area contributed by atoms with Gasteiger partial charge in [-0.2, -0.15) is 0 Å². The Bertz CT molecular complexity index is 417. The van der Waals surface area contributed by atoms with Crippen LogP contribution >= 0.6 is 15.9 Å². The summed E-state index contributed by atoms with van der Waals surface area (Å²) in [6.45, 7) is 3.39. The molecule has 92 valence electrons. The van der Waals surface area contributed by atoms with E-state index in [1.54, 1.807) is 0 Å². The minimum Gasteiger partial charge on any atom is -0.490 e. The summed E-state index contributed by atoms with van der Waals surface area (Å²) in [5.74, 6) is 1.73. The molecular formula is C13H15BrO3. The fourth-order valence-corrected chi connectivity index (χ4v) is 2.56. The summed E-state index contributed by atoms with van der Waals surface area (Å²) in [6.07, 6.45) is 2.35. The molecule has 0 saturated carbocycles. The lowest BCUT2D eigenvalue weighted by Gasteiger charge is -2.15. The van der Waals surface area contributed by atoms with Gasteiger partial charge in [-0.25, -0.2) is 0 Å². The third-order valence-electron chi connectivity index (χ3n) is 2.85. The van der Waals surface area contributed by atoms with Crippen molar-refractivity contribution in [2.75, 3.05) is 13.2 Å². The Kier molecular flexibility index (Phi) is 4.05. The van der Waals surface area contributed by atoms with Crippen LogP contribution in [0.5, 0.6) is 11.5 Å². The molecule has 1 atom stereocenters. The highest BCUT2D eigenvalue weighted by atomic mass is 79.9. The van der Waals surface area contributed by atoms with Crippen molar-refractivity contribution in [1.82, 2.24) is 0 Å². The van der Waals surface area contributed by atoms with Crippen LogP contribution in [0.1, 0.15) is 31.2 Å². The SMILES string of the molecule is CC(CC=O)c1cc2c(cc1Br)OCCCO2. The topological polar surface area (TPSA) is 35.5 Å². The molecule has 0 spiro atoms. The Hall–Kier alpha value is -1.03. The highest BCUT2D eigenvalue weighted by molar-refractivity contribution is 9.10. The quantitative estimate of drug-likeness (QED) is 0.803. The van der Waals surface area contributed by atoms with E-state index < -0.39 is 0 Å². The van der Waals surface area contributed by atoms with Crippen LogP contribution in [0.2, 0.25) is 0 Å². The van der Waals surface area contributed by atoms with Crippen LogP contribution in [0.15, 0.2) is 16.6 Å². The summed E-state index contributed by atoms with van der Waals surface area (Å²) >= 11 is 3.52. The molecule has 1 aromatic rings. The maximum Gasteiger partial charge on any atom is 0.162 e. The van der Waals surface area contributed by atoms with Crippen molar-refractivity contribution in [1.29, 1.82) is 0 Å².